The van der Waals surface area contributed by atoms with Crippen LogP contribution in [0.3, 0.4) is 0 Å². The van der Waals surface area contributed by atoms with Crippen molar-refractivity contribution in [1.82, 2.24) is 5.32 Å². The molecule has 0 spiro atoms. The molecule has 2 saturated heterocycles. The first-order chi connectivity index (χ1) is 16.5. The second-order valence-corrected chi connectivity index (χ2v) is 7.94. The van der Waals surface area contributed by atoms with Gasteiger partial charge in [0.1, 0.15) is 36.7 Å². The van der Waals surface area contributed by atoms with E-state index in [1.165, 1.54) is 13.2 Å². The Morgan fingerprint density at radius 1 is 1.24 bits per heavy atom. The minimum atomic E-state index is -1.16. The Kier molecular flexibility index (Phi) is 7.63. The van der Waals surface area contributed by atoms with Gasteiger partial charge in [-0.2, -0.15) is 0 Å². The molecular weight excluding hydrogens is 446 g/mol. The highest BCUT2D eigenvalue weighted by Gasteiger charge is 2.52. The van der Waals surface area contributed by atoms with E-state index in [0.29, 0.717) is 17.9 Å². The van der Waals surface area contributed by atoms with Gasteiger partial charge in [0.15, 0.2) is 5.76 Å². The molecule has 1 amide bonds. The monoisotopic (exact) mass is 473 g/mol. The fourth-order valence-electron chi connectivity index (χ4n) is 4.06. The van der Waals surface area contributed by atoms with Crippen molar-refractivity contribution in [3.8, 4) is 5.75 Å². The zero-order valence-corrected chi connectivity index (χ0v) is 18.6. The van der Waals surface area contributed by atoms with E-state index < -0.39 is 49.5 Å². The van der Waals surface area contributed by atoms with Gasteiger partial charge in [-0.3, -0.25) is 4.79 Å². The molecule has 10 heteroatoms. The number of furan rings is 1. The molecule has 0 bridgehead atoms. The van der Waals surface area contributed by atoms with Crippen molar-refractivity contribution >= 4 is 11.9 Å². The minimum absolute atomic E-state index is 0.115. The van der Waals surface area contributed by atoms with Crippen molar-refractivity contribution in [3.05, 3.63) is 66.6 Å². The average molecular weight is 473 g/mol. The highest BCUT2D eigenvalue weighted by atomic mass is 16.8. The van der Waals surface area contributed by atoms with Crippen LogP contribution >= 0.6 is 0 Å². The van der Waals surface area contributed by atoms with Crippen LogP contribution in [-0.4, -0.2) is 60.8 Å². The minimum Gasteiger partial charge on any atom is -0.480 e. The number of fused-ring (bicyclic) bond motifs is 1. The zero-order valence-electron chi connectivity index (χ0n) is 18.6. The fourth-order valence-corrected chi connectivity index (χ4v) is 4.06. The summed E-state index contributed by atoms with van der Waals surface area (Å²) in [6.45, 7) is 4.64. The normalized spacial score (nSPS) is 28.5. The van der Waals surface area contributed by atoms with Gasteiger partial charge in [0.25, 0.3) is 0 Å². The highest BCUT2D eigenvalue weighted by molar-refractivity contribution is 5.73. The van der Waals surface area contributed by atoms with Crippen LogP contribution in [-0.2, 0) is 35.0 Å². The van der Waals surface area contributed by atoms with Crippen LogP contribution in [0.25, 0.3) is 0 Å². The predicted octanol–water partition coefficient (Wildman–Crippen LogP) is 2.20. The lowest BCUT2D eigenvalue weighted by Gasteiger charge is -2.48. The molecule has 0 aliphatic carbocycles. The summed E-state index contributed by atoms with van der Waals surface area (Å²) in [7, 11) is 0. The molecule has 10 nitrogen and oxygen atoms in total. The number of amides is 1. The van der Waals surface area contributed by atoms with Gasteiger partial charge in [-0.15, -0.1) is 6.58 Å². The first kappa shape index (κ1) is 24.0. The van der Waals surface area contributed by atoms with Crippen LogP contribution in [0, 0.1) is 0 Å². The summed E-state index contributed by atoms with van der Waals surface area (Å²) < 4.78 is 35.3. The highest BCUT2D eigenvalue weighted by Crippen LogP contribution is 2.36. The number of aliphatic carboxylic acids is 1. The zero-order chi connectivity index (χ0) is 24.1. The summed E-state index contributed by atoms with van der Waals surface area (Å²) in [6.07, 6.45) is -0.334. The smallest absolute Gasteiger partial charge is 0.329 e. The van der Waals surface area contributed by atoms with E-state index in [1.807, 2.05) is 18.2 Å². The molecule has 2 fully saturated rings. The molecule has 182 valence electrons. The third kappa shape index (κ3) is 5.48. The lowest BCUT2D eigenvalue weighted by molar-refractivity contribution is -0.340. The number of hydrogen-bond acceptors (Lipinski definition) is 8. The van der Waals surface area contributed by atoms with Gasteiger partial charge >= 0.3 is 5.97 Å². The number of para-hydroxylation sites is 1. The maximum absolute atomic E-state index is 12.1. The average Bonchev–Trinajstić information content (AvgIpc) is 3.34. The number of allylic oxidation sites excluding steroid dienone is 1. The molecule has 2 aromatic rings. The number of benzene rings is 1. The van der Waals surface area contributed by atoms with Crippen LogP contribution in [0.5, 0.6) is 5.75 Å². The van der Waals surface area contributed by atoms with Gasteiger partial charge in [-0.05, 0) is 30.2 Å². The first-order valence-electron chi connectivity index (χ1n) is 10.9. The van der Waals surface area contributed by atoms with Crippen molar-refractivity contribution in [3.63, 3.8) is 0 Å². The summed E-state index contributed by atoms with van der Waals surface area (Å²) >= 11 is 0. The first-order valence-corrected chi connectivity index (χ1v) is 10.9. The summed E-state index contributed by atoms with van der Waals surface area (Å²) in [5.74, 6) is -0.529. The van der Waals surface area contributed by atoms with Crippen molar-refractivity contribution in [1.29, 1.82) is 0 Å². The topological polar surface area (TPSA) is 126 Å². The van der Waals surface area contributed by atoms with Crippen molar-refractivity contribution < 1.29 is 42.8 Å². The van der Waals surface area contributed by atoms with Crippen LogP contribution in [0.4, 0.5) is 0 Å². The van der Waals surface area contributed by atoms with Crippen LogP contribution in [0.15, 0.2) is 59.7 Å². The molecule has 1 aromatic carbocycles. The van der Waals surface area contributed by atoms with E-state index >= 15 is 0 Å². The van der Waals surface area contributed by atoms with Crippen molar-refractivity contribution in [2.75, 3.05) is 13.2 Å². The molecule has 34 heavy (non-hydrogen) atoms. The molecule has 4 rings (SSSR count). The summed E-state index contributed by atoms with van der Waals surface area (Å²) in [4.78, 5) is 23.4. The molecule has 0 saturated carbocycles. The quantitative estimate of drug-likeness (QED) is 0.527. The molecule has 2 aliphatic heterocycles. The van der Waals surface area contributed by atoms with Crippen LogP contribution in [0.2, 0.25) is 0 Å². The fraction of sp³-hybridized carbons (Fsp3) is 0.417. The maximum Gasteiger partial charge on any atom is 0.329 e. The maximum atomic E-state index is 12.1. The molecule has 6 atom stereocenters. The number of carbonyl (C=O) groups excluding carboxylic acids is 1. The Morgan fingerprint density at radius 3 is 2.76 bits per heavy atom. The molecule has 0 radical (unpaired) electrons. The third-order valence-corrected chi connectivity index (χ3v) is 5.46. The third-order valence-electron chi connectivity index (χ3n) is 5.46. The Balaban J connectivity index is 1.63. The number of nitrogens with one attached hydrogen (secondary N) is 1. The lowest BCUT2D eigenvalue weighted by atomic mass is 9.95. The molecule has 1 aromatic heterocycles. The summed E-state index contributed by atoms with van der Waals surface area (Å²) in [5.41, 5.74) is 0.877. The number of rotatable bonds is 9. The van der Waals surface area contributed by atoms with E-state index in [0.717, 1.165) is 5.56 Å². The molecule has 3 heterocycles. The lowest BCUT2D eigenvalue weighted by Crippen LogP contribution is -2.68. The summed E-state index contributed by atoms with van der Waals surface area (Å²) in [5, 5.41) is 12.0. The Morgan fingerprint density at radius 2 is 2.06 bits per heavy atom. The van der Waals surface area contributed by atoms with Crippen molar-refractivity contribution in [2.24, 2.45) is 0 Å². The predicted molar refractivity (Wildman–Crippen MR) is 117 cm³/mol. The molecule has 6 unspecified atom stereocenters. The van der Waals surface area contributed by atoms with E-state index in [9.17, 15) is 14.7 Å². The number of ether oxygens (including phenoxy) is 5. The van der Waals surface area contributed by atoms with Gasteiger partial charge in [-0.1, -0.05) is 24.3 Å². The van der Waals surface area contributed by atoms with Gasteiger partial charge in [-0.25, -0.2) is 4.79 Å². The molecule has 2 N–H and O–H groups in total. The number of carbonyl (C=O) groups is 2. The Hall–Kier alpha value is -3.18. The largest absolute Gasteiger partial charge is 0.480 e. The van der Waals surface area contributed by atoms with Gasteiger partial charge in [0.2, 0.25) is 18.5 Å². The van der Waals surface area contributed by atoms with Crippen LogP contribution < -0.4 is 10.1 Å². The second kappa shape index (κ2) is 10.8. The number of carboxylic acids is 1. The van der Waals surface area contributed by atoms with Gasteiger partial charge in [0.05, 0.1) is 12.9 Å². The van der Waals surface area contributed by atoms with E-state index in [4.69, 9.17) is 28.1 Å². The van der Waals surface area contributed by atoms with E-state index in [-0.39, 0.29) is 12.5 Å². The Labute approximate surface area is 196 Å². The van der Waals surface area contributed by atoms with E-state index in [1.54, 1.807) is 24.3 Å². The van der Waals surface area contributed by atoms with Crippen LogP contribution in [0.1, 0.15) is 24.5 Å². The van der Waals surface area contributed by atoms with Gasteiger partial charge < -0.3 is 38.5 Å². The standard InChI is InChI=1S/C24H27NO9/c1-3-7-15-8-4-5-9-16(15)32-24-20(25-14(2)26)22(30-13-19(27)28)21-18(33-24)12-31-23(34-21)17-10-6-11-29-17/h3-6,8-11,18,20-24H,1,7,12-13H2,2H3,(H,25,26)(H,27,28). The Bertz CT molecular complexity index is 992. The second-order valence-electron chi connectivity index (χ2n) is 7.94. The SMILES string of the molecule is C=CCc1ccccc1OC1OC2COC(c3ccco3)OC2C(OCC(=O)O)C1NC(C)=O. The van der Waals surface area contributed by atoms with E-state index in [2.05, 4.69) is 11.9 Å². The number of carboxylic acid groups (broad SMARTS) is 1. The number of hydrogen-bond donors (Lipinski definition) is 2. The molecular formula is C24H27NO9. The summed E-state index contributed by atoms with van der Waals surface area (Å²) in [6, 6.07) is 9.92. The van der Waals surface area contributed by atoms with Gasteiger partial charge in [0, 0.05) is 6.92 Å². The van der Waals surface area contributed by atoms with Crippen molar-refractivity contribution in [2.45, 2.75) is 50.3 Å². The molecule has 2 aliphatic rings.